The number of rotatable bonds is 3. The van der Waals surface area contributed by atoms with Gasteiger partial charge < -0.3 is 10.2 Å². The van der Waals surface area contributed by atoms with Crippen molar-refractivity contribution in [1.29, 1.82) is 0 Å². The van der Waals surface area contributed by atoms with E-state index in [1.807, 2.05) is 5.38 Å². The third-order valence-electron chi connectivity index (χ3n) is 3.43. The van der Waals surface area contributed by atoms with E-state index in [0.29, 0.717) is 16.9 Å². The molecule has 1 amide bonds. The van der Waals surface area contributed by atoms with Gasteiger partial charge in [-0.25, -0.2) is 9.37 Å². The molecule has 1 N–H and O–H groups in total. The Morgan fingerprint density at radius 3 is 2.81 bits per heavy atom. The molecule has 0 radical (unpaired) electrons. The van der Waals surface area contributed by atoms with Crippen LogP contribution in [0.3, 0.4) is 0 Å². The van der Waals surface area contributed by atoms with Gasteiger partial charge in [-0.2, -0.15) is 0 Å². The van der Waals surface area contributed by atoms with E-state index >= 15 is 0 Å². The summed E-state index contributed by atoms with van der Waals surface area (Å²) in [5.41, 5.74) is 1.57. The summed E-state index contributed by atoms with van der Waals surface area (Å²) in [5.74, 6) is -0.591. The highest BCUT2D eigenvalue weighted by atomic mass is 32.1. The molecule has 1 aromatic heterocycles. The average Bonchev–Trinajstić information content (AvgIpc) is 3.09. The highest BCUT2D eigenvalue weighted by Crippen LogP contribution is 2.31. The van der Waals surface area contributed by atoms with Crippen LogP contribution in [0.5, 0.6) is 0 Å². The largest absolute Gasteiger partial charge is 0.348 e. The Hall–Kier alpha value is -1.95. The standard InChI is InChI=1S/C15H16FN3OS/c1-10(20)17-11-4-5-12(13(16)8-11)14-9-21-15(18-14)19-6-2-3-7-19/h4-5,8-9H,2-3,6-7H2,1H3,(H,17,20). The number of hydrogen-bond donors (Lipinski definition) is 1. The summed E-state index contributed by atoms with van der Waals surface area (Å²) in [6.45, 7) is 3.45. The summed E-state index contributed by atoms with van der Waals surface area (Å²) in [6.07, 6.45) is 2.38. The van der Waals surface area contributed by atoms with Gasteiger partial charge >= 0.3 is 0 Å². The molecule has 1 fully saturated rings. The first kappa shape index (κ1) is 14.0. The molecule has 1 aliphatic heterocycles. The van der Waals surface area contributed by atoms with Gasteiger partial charge in [-0.05, 0) is 31.0 Å². The lowest BCUT2D eigenvalue weighted by Crippen LogP contribution is -2.17. The van der Waals surface area contributed by atoms with Gasteiger partial charge in [-0.3, -0.25) is 4.79 Å². The fourth-order valence-electron chi connectivity index (χ4n) is 2.45. The number of benzene rings is 1. The molecule has 0 saturated carbocycles. The normalized spacial score (nSPS) is 14.5. The maximum absolute atomic E-state index is 14.2. The lowest BCUT2D eigenvalue weighted by Gasteiger charge is -2.12. The van der Waals surface area contributed by atoms with E-state index in [1.165, 1.54) is 25.8 Å². The molecule has 2 aromatic rings. The molecule has 1 saturated heterocycles. The summed E-state index contributed by atoms with van der Waals surface area (Å²) in [6, 6.07) is 4.67. The van der Waals surface area contributed by atoms with Crippen LogP contribution >= 0.6 is 11.3 Å². The number of halogens is 1. The first-order valence-corrected chi connectivity index (χ1v) is 7.79. The van der Waals surface area contributed by atoms with Crippen LogP contribution in [0.25, 0.3) is 11.3 Å². The van der Waals surface area contributed by atoms with Crippen molar-refractivity contribution in [3.05, 3.63) is 29.4 Å². The smallest absolute Gasteiger partial charge is 0.221 e. The second kappa shape index (κ2) is 5.81. The highest BCUT2D eigenvalue weighted by Gasteiger charge is 2.17. The SMILES string of the molecule is CC(=O)Nc1ccc(-c2csc(N3CCCC3)n2)c(F)c1. The number of thiazole rings is 1. The molecule has 6 heteroatoms. The molecule has 110 valence electrons. The Morgan fingerprint density at radius 2 is 2.14 bits per heavy atom. The number of amides is 1. The molecule has 0 aliphatic carbocycles. The van der Waals surface area contributed by atoms with E-state index in [-0.39, 0.29) is 11.7 Å². The molecular weight excluding hydrogens is 289 g/mol. The van der Waals surface area contributed by atoms with Gasteiger partial charge in [0.05, 0.1) is 5.69 Å². The monoisotopic (exact) mass is 305 g/mol. The number of nitrogens with one attached hydrogen (secondary N) is 1. The molecule has 4 nitrogen and oxygen atoms in total. The van der Waals surface area contributed by atoms with Gasteiger partial charge in [0.2, 0.25) is 5.91 Å². The topological polar surface area (TPSA) is 45.2 Å². The summed E-state index contributed by atoms with van der Waals surface area (Å²) < 4.78 is 14.2. The third-order valence-corrected chi connectivity index (χ3v) is 4.34. The van der Waals surface area contributed by atoms with Crippen molar-refractivity contribution in [3.63, 3.8) is 0 Å². The highest BCUT2D eigenvalue weighted by molar-refractivity contribution is 7.14. The maximum atomic E-state index is 14.2. The van der Waals surface area contributed by atoms with Crippen LogP contribution in [-0.4, -0.2) is 24.0 Å². The predicted molar refractivity (Wildman–Crippen MR) is 83.3 cm³/mol. The third kappa shape index (κ3) is 3.05. The fourth-order valence-corrected chi connectivity index (χ4v) is 3.32. The summed E-state index contributed by atoms with van der Waals surface area (Å²) in [5, 5.41) is 5.40. The molecule has 2 heterocycles. The van der Waals surface area contributed by atoms with E-state index in [2.05, 4.69) is 15.2 Å². The second-order valence-electron chi connectivity index (χ2n) is 5.09. The van der Waals surface area contributed by atoms with Crippen LogP contribution in [0.15, 0.2) is 23.6 Å². The minimum atomic E-state index is -0.375. The summed E-state index contributed by atoms with van der Waals surface area (Å²) in [7, 11) is 0. The van der Waals surface area contributed by atoms with Crippen LogP contribution < -0.4 is 10.2 Å². The summed E-state index contributed by atoms with van der Waals surface area (Å²) >= 11 is 1.54. The minimum Gasteiger partial charge on any atom is -0.348 e. The van der Waals surface area contributed by atoms with Gasteiger partial charge in [0.15, 0.2) is 5.13 Å². The van der Waals surface area contributed by atoms with Crippen LogP contribution in [0.2, 0.25) is 0 Å². The molecule has 3 rings (SSSR count). The molecule has 0 bridgehead atoms. The molecule has 0 unspecified atom stereocenters. The first-order valence-electron chi connectivity index (χ1n) is 6.91. The van der Waals surface area contributed by atoms with Crippen molar-refractivity contribution in [1.82, 2.24) is 4.98 Å². The fraction of sp³-hybridized carbons (Fsp3) is 0.333. The second-order valence-corrected chi connectivity index (χ2v) is 5.92. The number of nitrogens with zero attached hydrogens (tertiary/aromatic N) is 2. The lowest BCUT2D eigenvalue weighted by atomic mass is 10.1. The zero-order chi connectivity index (χ0) is 14.8. The molecular formula is C15H16FN3OS. The van der Waals surface area contributed by atoms with Crippen molar-refractivity contribution in [2.75, 3.05) is 23.3 Å². The summed E-state index contributed by atoms with van der Waals surface area (Å²) in [4.78, 5) is 17.7. The van der Waals surface area contributed by atoms with E-state index in [1.54, 1.807) is 23.5 Å². The molecule has 21 heavy (non-hydrogen) atoms. The lowest BCUT2D eigenvalue weighted by molar-refractivity contribution is -0.114. The molecule has 0 atom stereocenters. The van der Waals surface area contributed by atoms with E-state index < -0.39 is 0 Å². The molecule has 1 aromatic carbocycles. The van der Waals surface area contributed by atoms with Crippen LogP contribution in [0, 0.1) is 5.82 Å². The van der Waals surface area contributed by atoms with Gasteiger partial charge in [0.25, 0.3) is 0 Å². The Balaban J connectivity index is 1.84. The number of anilines is 2. The van der Waals surface area contributed by atoms with Gasteiger partial charge in [0.1, 0.15) is 5.82 Å². The maximum Gasteiger partial charge on any atom is 0.221 e. The van der Waals surface area contributed by atoms with Crippen molar-refractivity contribution in [3.8, 4) is 11.3 Å². The zero-order valence-electron chi connectivity index (χ0n) is 11.7. The van der Waals surface area contributed by atoms with Crippen LogP contribution in [0.4, 0.5) is 15.2 Å². The van der Waals surface area contributed by atoms with Gasteiger partial charge in [0, 0.05) is 36.6 Å². The number of aromatic nitrogens is 1. The number of carbonyl (C=O) groups excluding carboxylic acids is 1. The van der Waals surface area contributed by atoms with Crippen molar-refractivity contribution >= 4 is 28.1 Å². The van der Waals surface area contributed by atoms with E-state index in [4.69, 9.17) is 0 Å². The zero-order valence-corrected chi connectivity index (χ0v) is 12.5. The van der Waals surface area contributed by atoms with Crippen molar-refractivity contribution < 1.29 is 9.18 Å². The number of carbonyl (C=O) groups is 1. The van der Waals surface area contributed by atoms with Gasteiger partial charge in [-0.1, -0.05) is 0 Å². The average molecular weight is 305 g/mol. The van der Waals surface area contributed by atoms with Gasteiger partial charge in [-0.15, -0.1) is 11.3 Å². The molecule has 0 spiro atoms. The molecule has 1 aliphatic rings. The quantitative estimate of drug-likeness (QED) is 0.944. The van der Waals surface area contributed by atoms with Crippen LogP contribution in [-0.2, 0) is 4.79 Å². The minimum absolute atomic E-state index is 0.216. The van der Waals surface area contributed by atoms with Crippen molar-refractivity contribution in [2.24, 2.45) is 0 Å². The Kier molecular flexibility index (Phi) is 3.88. The van der Waals surface area contributed by atoms with E-state index in [0.717, 1.165) is 18.2 Å². The predicted octanol–water partition coefficient (Wildman–Crippen LogP) is 3.51. The Bertz CT molecular complexity index is 665. The Labute approximate surface area is 126 Å². The van der Waals surface area contributed by atoms with Crippen LogP contribution in [0.1, 0.15) is 19.8 Å². The van der Waals surface area contributed by atoms with E-state index in [9.17, 15) is 9.18 Å². The van der Waals surface area contributed by atoms with Crippen molar-refractivity contribution in [2.45, 2.75) is 19.8 Å². The first-order chi connectivity index (χ1) is 10.1. The Morgan fingerprint density at radius 1 is 1.38 bits per heavy atom. The number of hydrogen-bond acceptors (Lipinski definition) is 4.